The Hall–Kier alpha value is -1.02. The lowest BCUT2D eigenvalue weighted by molar-refractivity contribution is 0.450. The van der Waals surface area contributed by atoms with Crippen molar-refractivity contribution in [3.63, 3.8) is 0 Å². The van der Waals surface area contributed by atoms with Gasteiger partial charge in [0.1, 0.15) is 0 Å². The SMILES string of the molecule is NCC1(c2ccccc2N2CCCCC2)CCCC1. The van der Waals surface area contributed by atoms with Crippen molar-refractivity contribution in [2.45, 2.75) is 50.4 Å². The fraction of sp³-hybridized carbons (Fsp3) is 0.647. The van der Waals surface area contributed by atoms with E-state index in [-0.39, 0.29) is 5.41 Å². The van der Waals surface area contributed by atoms with E-state index in [2.05, 4.69) is 29.2 Å². The Labute approximate surface area is 117 Å². The summed E-state index contributed by atoms with van der Waals surface area (Å²) in [6, 6.07) is 9.03. The summed E-state index contributed by atoms with van der Waals surface area (Å²) in [4.78, 5) is 2.59. The Bertz CT molecular complexity index is 415. The smallest absolute Gasteiger partial charge is 0.0404 e. The molecule has 0 atom stereocenters. The van der Waals surface area contributed by atoms with Crippen LogP contribution in [0.25, 0.3) is 0 Å². The number of para-hydroxylation sites is 1. The molecule has 0 aromatic heterocycles. The normalized spacial score (nSPS) is 22.7. The maximum absolute atomic E-state index is 6.18. The lowest BCUT2D eigenvalue weighted by atomic mass is 9.77. The number of nitrogens with two attached hydrogens (primary N) is 1. The highest BCUT2D eigenvalue weighted by Gasteiger charge is 2.36. The van der Waals surface area contributed by atoms with Crippen LogP contribution in [-0.2, 0) is 5.41 Å². The van der Waals surface area contributed by atoms with Crippen molar-refractivity contribution in [1.82, 2.24) is 0 Å². The molecule has 1 aliphatic carbocycles. The predicted octanol–water partition coefficient (Wildman–Crippen LogP) is 3.45. The molecule has 2 fully saturated rings. The highest BCUT2D eigenvalue weighted by Crippen LogP contribution is 2.44. The van der Waals surface area contributed by atoms with E-state index < -0.39 is 0 Å². The van der Waals surface area contributed by atoms with E-state index in [1.165, 1.54) is 69.3 Å². The minimum absolute atomic E-state index is 0.258. The standard InChI is InChI=1S/C17H26N2/c18-14-17(10-4-5-11-17)15-8-2-3-9-16(15)19-12-6-1-7-13-19/h2-3,8-9H,1,4-7,10-14,18H2. The molecular weight excluding hydrogens is 232 g/mol. The summed E-state index contributed by atoms with van der Waals surface area (Å²) < 4.78 is 0. The van der Waals surface area contributed by atoms with E-state index in [0.717, 1.165) is 6.54 Å². The zero-order valence-corrected chi connectivity index (χ0v) is 11.9. The molecule has 1 aliphatic heterocycles. The van der Waals surface area contributed by atoms with Crippen molar-refractivity contribution in [3.05, 3.63) is 29.8 Å². The molecular formula is C17H26N2. The molecule has 1 saturated carbocycles. The lowest BCUT2D eigenvalue weighted by Crippen LogP contribution is -2.36. The van der Waals surface area contributed by atoms with Crippen molar-refractivity contribution in [1.29, 1.82) is 0 Å². The zero-order chi connectivity index (χ0) is 13.1. The summed E-state index contributed by atoms with van der Waals surface area (Å²) in [5.41, 5.74) is 9.43. The minimum atomic E-state index is 0.258. The summed E-state index contributed by atoms with van der Waals surface area (Å²) >= 11 is 0. The third-order valence-corrected chi connectivity index (χ3v) is 5.12. The molecule has 0 amide bonds. The van der Waals surface area contributed by atoms with Gasteiger partial charge >= 0.3 is 0 Å². The van der Waals surface area contributed by atoms with Crippen molar-refractivity contribution >= 4 is 5.69 Å². The molecule has 2 heteroatoms. The van der Waals surface area contributed by atoms with Gasteiger partial charge < -0.3 is 10.6 Å². The molecule has 0 spiro atoms. The van der Waals surface area contributed by atoms with Crippen molar-refractivity contribution in [2.75, 3.05) is 24.5 Å². The van der Waals surface area contributed by atoms with Crippen LogP contribution >= 0.6 is 0 Å². The van der Waals surface area contributed by atoms with Crippen molar-refractivity contribution in [3.8, 4) is 0 Å². The first-order valence-corrected chi connectivity index (χ1v) is 7.90. The Balaban J connectivity index is 1.96. The number of nitrogens with zero attached hydrogens (tertiary/aromatic N) is 1. The number of rotatable bonds is 3. The molecule has 104 valence electrons. The van der Waals surface area contributed by atoms with E-state index >= 15 is 0 Å². The fourth-order valence-corrected chi connectivity index (χ4v) is 3.97. The Morgan fingerprint density at radius 3 is 2.32 bits per heavy atom. The lowest BCUT2D eigenvalue weighted by Gasteiger charge is -2.36. The van der Waals surface area contributed by atoms with Crippen LogP contribution in [0.1, 0.15) is 50.5 Å². The Kier molecular flexibility index (Phi) is 3.79. The first-order valence-electron chi connectivity index (χ1n) is 7.90. The summed E-state index contributed by atoms with van der Waals surface area (Å²) in [7, 11) is 0. The number of hydrogen-bond acceptors (Lipinski definition) is 2. The highest BCUT2D eigenvalue weighted by atomic mass is 15.1. The van der Waals surface area contributed by atoms with E-state index in [0.29, 0.717) is 0 Å². The van der Waals surface area contributed by atoms with E-state index in [1.54, 1.807) is 0 Å². The molecule has 2 nitrogen and oxygen atoms in total. The van der Waals surface area contributed by atoms with Gasteiger partial charge in [0, 0.05) is 30.7 Å². The molecule has 3 rings (SSSR count). The van der Waals surface area contributed by atoms with Crippen LogP contribution in [0.2, 0.25) is 0 Å². The van der Waals surface area contributed by atoms with Gasteiger partial charge in [0.25, 0.3) is 0 Å². The molecule has 2 N–H and O–H groups in total. The zero-order valence-electron chi connectivity index (χ0n) is 11.9. The number of benzene rings is 1. The molecule has 0 unspecified atom stereocenters. The van der Waals surface area contributed by atoms with Crippen LogP contribution < -0.4 is 10.6 Å². The summed E-state index contributed by atoms with van der Waals surface area (Å²) in [6.07, 6.45) is 9.29. The van der Waals surface area contributed by atoms with Crippen LogP contribution in [0, 0.1) is 0 Å². The summed E-state index contributed by atoms with van der Waals surface area (Å²) in [6.45, 7) is 3.24. The number of hydrogen-bond donors (Lipinski definition) is 1. The highest BCUT2D eigenvalue weighted by molar-refractivity contribution is 5.57. The van der Waals surface area contributed by atoms with Gasteiger partial charge in [-0.2, -0.15) is 0 Å². The first-order chi connectivity index (χ1) is 9.36. The average Bonchev–Trinajstić information content (AvgIpc) is 2.98. The van der Waals surface area contributed by atoms with Gasteiger partial charge in [0.15, 0.2) is 0 Å². The van der Waals surface area contributed by atoms with Gasteiger partial charge in [-0.25, -0.2) is 0 Å². The Morgan fingerprint density at radius 1 is 0.947 bits per heavy atom. The first kappa shape index (κ1) is 13.0. The summed E-state index contributed by atoms with van der Waals surface area (Å²) in [5, 5.41) is 0. The van der Waals surface area contributed by atoms with Gasteiger partial charge in [-0.15, -0.1) is 0 Å². The molecule has 1 saturated heterocycles. The van der Waals surface area contributed by atoms with Crippen LogP contribution in [0.15, 0.2) is 24.3 Å². The quantitative estimate of drug-likeness (QED) is 0.900. The second-order valence-electron chi connectivity index (χ2n) is 6.26. The minimum Gasteiger partial charge on any atom is -0.371 e. The van der Waals surface area contributed by atoms with E-state index in [1.807, 2.05) is 0 Å². The van der Waals surface area contributed by atoms with Crippen LogP contribution in [-0.4, -0.2) is 19.6 Å². The third-order valence-electron chi connectivity index (χ3n) is 5.12. The van der Waals surface area contributed by atoms with E-state index in [4.69, 9.17) is 5.73 Å². The number of anilines is 1. The van der Waals surface area contributed by atoms with Crippen LogP contribution in [0.3, 0.4) is 0 Å². The second kappa shape index (κ2) is 5.54. The van der Waals surface area contributed by atoms with Gasteiger partial charge in [-0.3, -0.25) is 0 Å². The summed E-state index contributed by atoms with van der Waals surface area (Å²) in [5.74, 6) is 0. The fourth-order valence-electron chi connectivity index (χ4n) is 3.97. The van der Waals surface area contributed by atoms with Crippen LogP contribution in [0.5, 0.6) is 0 Å². The average molecular weight is 258 g/mol. The largest absolute Gasteiger partial charge is 0.371 e. The monoisotopic (exact) mass is 258 g/mol. The van der Waals surface area contributed by atoms with Crippen LogP contribution in [0.4, 0.5) is 5.69 Å². The molecule has 0 radical (unpaired) electrons. The topological polar surface area (TPSA) is 29.3 Å². The second-order valence-corrected chi connectivity index (χ2v) is 6.26. The van der Waals surface area contributed by atoms with Gasteiger partial charge in [-0.1, -0.05) is 31.0 Å². The molecule has 1 aromatic rings. The van der Waals surface area contributed by atoms with Crippen molar-refractivity contribution in [2.24, 2.45) is 5.73 Å². The van der Waals surface area contributed by atoms with E-state index in [9.17, 15) is 0 Å². The third kappa shape index (κ3) is 2.38. The molecule has 2 aliphatic rings. The van der Waals surface area contributed by atoms with Gasteiger partial charge in [0.05, 0.1) is 0 Å². The molecule has 1 heterocycles. The number of piperidine rings is 1. The van der Waals surface area contributed by atoms with Gasteiger partial charge in [0.2, 0.25) is 0 Å². The predicted molar refractivity (Wildman–Crippen MR) is 81.7 cm³/mol. The van der Waals surface area contributed by atoms with Crippen molar-refractivity contribution < 1.29 is 0 Å². The van der Waals surface area contributed by atoms with Gasteiger partial charge in [-0.05, 0) is 43.7 Å². The Morgan fingerprint density at radius 2 is 1.63 bits per heavy atom. The maximum Gasteiger partial charge on any atom is 0.0404 e. The molecule has 1 aromatic carbocycles. The maximum atomic E-state index is 6.18. The molecule has 19 heavy (non-hydrogen) atoms. The molecule has 0 bridgehead atoms.